The minimum absolute atomic E-state index is 0.315. The van der Waals surface area contributed by atoms with Crippen LogP contribution in [-0.4, -0.2) is 15.2 Å². The quantitative estimate of drug-likeness (QED) is 0.851. The van der Waals surface area contributed by atoms with Crippen LogP contribution in [0.1, 0.15) is 10.8 Å². The minimum atomic E-state index is -0.315. The molecule has 2 aromatic rings. The molecule has 0 aliphatic heterocycles. The Labute approximate surface area is 102 Å². The van der Waals surface area contributed by atoms with Crippen molar-refractivity contribution < 1.29 is 0 Å². The molecule has 2 rings (SSSR count). The highest BCUT2D eigenvalue weighted by Gasteiger charge is 2.13. The number of halogens is 1. The molecular weight excluding hydrogens is 244 g/mol. The van der Waals surface area contributed by atoms with Crippen LogP contribution >= 0.6 is 23.4 Å². The third-order valence-corrected chi connectivity index (χ3v) is 3.20. The number of rotatable bonds is 3. The van der Waals surface area contributed by atoms with Gasteiger partial charge in [0.25, 0.3) is 0 Å². The average molecular weight is 251 g/mol. The number of aromatic amines is 1. The molecule has 0 spiro atoms. The van der Waals surface area contributed by atoms with Crippen molar-refractivity contribution in [3.8, 4) is 6.07 Å². The van der Waals surface area contributed by atoms with Gasteiger partial charge in [0, 0.05) is 5.02 Å². The van der Waals surface area contributed by atoms with Crippen molar-refractivity contribution in [2.45, 2.75) is 10.4 Å². The molecule has 6 heteroatoms. The van der Waals surface area contributed by atoms with Gasteiger partial charge in [-0.15, -0.1) is 0 Å². The summed E-state index contributed by atoms with van der Waals surface area (Å²) in [5.41, 5.74) is 0.897. The summed E-state index contributed by atoms with van der Waals surface area (Å²) < 4.78 is 0. The van der Waals surface area contributed by atoms with E-state index in [4.69, 9.17) is 16.9 Å². The molecule has 1 unspecified atom stereocenters. The molecule has 1 heterocycles. The van der Waals surface area contributed by atoms with E-state index in [-0.39, 0.29) is 5.25 Å². The predicted molar refractivity (Wildman–Crippen MR) is 62.0 cm³/mol. The summed E-state index contributed by atoms with van der Waals surface area (Å²) >= 11 is 7.11. The number of benzene rings is 1. The molecule has 0 aliphatic rings. The van der Waals surface area contributed by atoms with E-state index in [0.29, 0.717) is 10.2 Å². The van der Waals surface area contributed by atoms with Crippen molar-refractivity contribution in [2.75, 3.05) is 0 Å². The van der Waals surface area contributed by atoms with Crippen LogP contribution in [0.2, 0.25) is 5.02 Å². The Morgan fingerprint density at radius 3 is 2.69 bits per heavy atom. The maximum Gasteiger partial charge on any atom is 0.185 e. The third kappa shape index (κ3) is 2.54. The lowest BCUT2D eigenvalue weighted by Gasteiger charge is -2.06. The molecule has 1 atom stereocenters. The number of thioether (sulfide) groups is 1. The smallest absolute Gasteiger partial charge is 0.185 e. The van der Waals surface area contributed by atoms with Crippen molar-refractivity contribution >= 4 is 23.4 Å². The van der Waals surface area contributed by atoms with Gasteiger partial charge in [0.1, 0.15) is 11.6 Å². The fraction of sp³-hybridized carbons (Fsp3) is 0.100. The van der Waals surface area contributed by atoms with E-state index in [1.807, 2.05) is 12.1 Å². The van der Waals surface area contributed by atoms with Crippen LogP contribution in [0.25, 0.3) is 0 Å². The highest BCUT2D eigenvalue weighted by atomic mass is 35.5. The number of aromatic nitrogens is 3. The third-order valence-electron chi connectivity index (χ3n) is 1.91. The van der Waals surface area contributed by atoms with E-state index in [2.05, 4.69) is 21.3 Å². The first kappa shape index (κ1) is 11.0. The molecule has 0 saturated carbocycles. The van der Waals surface area contributed by atoms with Crippen LogP contribution < -0.4 is 0 Å². The molecular formula is C10H7ClN4S. The molecule has 0 fully saturated rings. The van der Waals surface area contributed by atoms with Crippen LogP contribution in [0, 0.1) is 11.3 Å². The zero-order valence-corrected chi connectivity index (χ0v) is 9.66. The molecule has 0 radical (unpaired) electrons. The van der Waals surface area contributed by atoms with Crippen LogP contribution in [0.5, 0.6) is 0 Å². The van der Waals surface area contributed by atoms with E-state index in [0.717, 1.165) is 5.56 Å². The lowest BCUT2D eigenvalue weighted by Crippen LogP contribution is -1.91. The maximum atomic E-state index is 9.08. The molecule has 0 bridgehead atoms. The first-order valence-corrected chi connectivity index (χ1v) is 5.72. The van der Waals surface area contributed by atoms with E-state index < -0.39 is 0 Å². The lowest BCUT2D eigenvalue weighted by molar-refractivity contribution is 0.969. The van der Waals surface area contributed by atoms with Gasteiger partial charge in [-0.25, -0.2) is 4.98 Å². The van der Waals surface area contributed by atoms with Gasteiger partial charge in [-0.05, 0) is 17.7 Å². The van der Waals surface area contributed by atoms with E-state index in [9.17, 15) is 0 Å². The van der Waals surface area contributed by atoms with Crippen molar-refractivity contribution in [3.63, 3.8) is 0 Å². The van der Waals surface area contributed by atoms with Gasteiger partial charge in [0.2, 0.25) is 0 Å². The molecule has 0 saturated heterocycles. The number of nitrogens with zero attached hydrogens (tertiary/aromatic N) is 3. The van der Waals surface area contributed by atoms with Crippen LogP contribution in [0.4, 0.5) is 0 Å². The normalized spacial score (nSPS) is 12.0. The highest BCUT2D eigenvalue weighted by molar-refractivity contribution is 7.99. The largest absolute Gasteiger partial charge is 0.254 e. The fourth-order valence-corrected chi connectivity index (χ4v) is 2.08. The maximum absolute atomic E-state index is 9.08. The van der Waals surface area contributed by atoms with Gasteiger partial charge in [-0.1, -0.05) is 35.5 Å². The van der Waals surface area contributed by atoms with Crippen molar-refractivity contribution in [1.29, 1.82) is 5.26 Å². The zero-order chi connectivity index (χ0) is 11.4. The van der Waals surface area contributed by atoms with Gasteiger partial charge in [0.15, 0.2) is 5.16 Å². The Hall–Kier alpha value is -1.51. The highest BCUT2D eigenvalue weighted by Crippen LogP contribution is 2.32. The van der Waals surface area contributed by atoms with Gasteiger partial charge >= 0.3 is 0 Å². The van der Waals surface area contributed by atoms with E-state index >= 15 is 0 Å². The standard InChI is InChI=1S/C10H7ClN4S/c11-8-3-1-7(2-4-8)9(5-12)16-10-13-6-14-15-10/h1-4,6,9H,(H,13,14,15). The second-order valence-electron chi connectivity index (χ2n) is 2.97. The van der Waals surface area contributed by atoms with E-state index in [1.54, 1.807) is 12.1 Å². The summed E-state index contributed by atoms with van der Waals surface area (Å²) in [7, 11) is 0. The second kappa shape index (κ2) is 5.01. The molecule has 0 amide bonds. The van der Waals surface area contributed by atoms with Crippen LogP contribution in [0.15, 0.2) is 35.7 Å². The summed E-state index contributed by atoms with van der Waals surface area (Å²) in [5.74, 6) is 0. The summed E-state index contributed by atoms with van der Waals surface area (Å²) in [6, 6.07) is 9.41. The molecule has 80 valence electrons. The van der Waals surface area contributed by atoms with Crippen molar-refractivity contribution in [3.05, 3.63) is 41.2 Å². The van der Waals surface area contributed by atoms with Gasteiger partial charge in [-0.3, -0.25) is 5.10 Å². The lowest BCUT2D eigenvalue weighted by atomic mass is 10.2. The summed E-state index contributed by atoms with van der Waals surface area (Å²) in [6.07, 6.45) is 1.42. The second-order valence-corrected chi connectivity index (χ2v) is 4.50. The monoisotopic (exact) mass is 250 g/mol. The number of hydrogen-bond donors (Lipinski definition) is 1. The zero-order valence-electron chi connectivity index (χ0n) is 8.09. The summed E-state index contributed by atoms with van der Waals surface area (Å²) in [4.78, 5) is 3.97. The number of nitrogens with one attached hydrogen (secondary N) is 1. The van der Waals surface area contributed by atoms with Gasteiger partial charge in [0.05, 0.1) is 6.07 Å². The molecule has 16 heavy (non-hydrogen) atoms. The van der Waals surface area contributed by atoms with Crippen molar-refractivity contribution in [1.82, 2.24) is 15.2 Å². The van der Waals surface area contributed by atoms with Crippen LogP contribution in [-0.2, 0) is 0 Å². The summed E-state index contributed by atoms with van der Waals surface area (Å²) in [5, 5.41) is 16.5. The number of nitriles is 1. The first-order chi connectivity index (χ1) is 7.79. The summed E-state index contributed by atoms with van der Waals surface area (Å²) in [6.45, 7) is 0. The topological polar surface area (TPSA) is 65.4 Å². The molecule has 1 aromatic heterocycles. The fourth-order valence-electron chi connectivity index (χ4n) is 1.17. The predicted octanol–water partition coefficient (Wildman–Crippen LogP) is 2.82. The number of H-pyrrole nitrogens is 1. The average Bonchev–Trinajstić information content (AvgIpc) is 2.80. The Balaban J connectivity index is 2.17. The molecule has 0 aliphatic carbocycles. The molecule has 1 N–H and O–H groups in total. The van der Waals surface area contributed by atoms with Crippen molar-refractivity contribution in [2.24, 2.45) is 0 Å². The molecule has 1 aromatic carbocycles. The Morgan fingerprint density at radius 2 is 2.12 bits per heavy atom. The van der Waals surface area contributed by atoms with Gasteiger partial charge < -0.3 is 0 Å². The Bertz CT molecular complexity index is 489. The molecule has 4 nitrogen and oxygen atoms in total. The minimum Gasteiger partial charge on any atom is -0.254 e. The number of hydrogen-bond acceptors (Lipinski definition) is 4. The first-order valence-electron chi connectivity index (χ1n) is 4.46. The van der Waals surface area contributed by atoms with E-state index in [1.165, 1.54) is 18.1 Å². The Kier molecular flexibility index (Phi) is 3.44. The van der Waals surface area contributed by atoms with Crippen LogP contribution in [0.3, 0.4) is 0 Å². The van der Waals surface area contributed by atoms with Gasteiger partial charge in [-0.2, -0.15) is 10.4 Å². The SMILES string of the molecule is N#CC(Sc1ncn[nH]1)c1ccc(Cl)cc1. The Morgan fingerprint density at radius 1 is 1.38 bits per heavy atom.